The lowest BCUT2D eigenvalue weighted by atomic mass is 10.5. The minimum absolute atomic E-state index is 0. The molecule has 0 spiro atoms. The zero-order valence-corrected chi connectivity index (χ0v) is 5.67. The van der Waals surface area contributed by atoms with Crippen LogP contribution in [-0.2, 0) is 27.4 Å². The highest BCUT2D eigenvalue weighted by Crippen LogP contribution is 1.72. The summed E-state index contributed by atoms with van der Waals surface area (Å²) >= 11 is 0. The predicted molar refractivity (Wildman–Crippen MR) is 28.4 cm³/mol. The summed E-state index contributed by atoms with van der Waals surface area (Å²) in [6.45, 7) is 0. The van der Waals surface area contributed by atoms with E-state index in [1.165, 1.54) is 12.3 Å². The van der Waals surface area contributed by atoms with Gasteiger partial charge in [-0.25, -0.2) is 4.79 Å². The summed E-state index contributed by atoms with van der Waals surface area (Å²) < 4.78 is 4.37. The normalized spacial score (nSPS) is 5.00. The van der Waals surface area contributed by atoms with Gasteiger partial charge in [0.15, 0.2) is 0 Å². The molecule has 0 amide bonds. The van der Waals surface area contributed by atoms with Gasteiger partial charge in [0.05, 0.1) is 6.26 Å². The van der Waals surface area contributed by atoms with E-state index in [9.17, 15) is 4.79 Å². The van der Waals surface area contributed by atoms with Crippen LogP contribution in [0.3, 0.4) is 0 Å². The monoisotopic (exact) mass is 176 g/mol. The molecule has 0 aliphatic rings. The molecule has 1 heterocycles. The molecule has 0 N–H and O–H groups in total. The highest BCUT2D eigenvalue weighted by atomic mass is 16.4. The molecule has 12 heavy (non-hydrogen) atoms. The highest BCUT2D eigenvalue weighted by Gasteiger charge is 1.72. The van der Waals surface area contributed by atoms with Gasteiger partial charge in [-0.05, 0) is 6.07 Å². The topological polar surface area (TPSA) is 173 Å². The van der Waals surface area contributed by atoms with Crippen molar-refractivity contribution in [2.75, 3.05) is 0 Å². The summed E-state index contributed by atoms with van der Waals surface area (Å²) in [6, 6.07) is 4.65. The third-order valence-corrected chi connectivity index (χ3v) is 0.606. The second-order valence-electron chi connectivity index (χ2n) is 1.12. The summed E-state index contributed by atoms with van der Waals surface area (Å²) in [5.74, 6) is 0. The lowest BCUT2D eigenvalue weighted by molar-refractivity contribution is 0.510. The third-order valence-electron chi connectivity index (χ3n) is 0.606. The van der Waals surface area contributed by atoms with E-state index in [1.807, 2.05) is 0 Å². The van der Waals surface area contributed by atoms with Crippen molar-refractivity contribution < 1.29 is 31.8 Å². The van der Waals surface area contributed by atoms with Crippen LogP contribution < -0.4 is 5.63 Å². The smallest absolute Gasteiger partial charge is 0.335 e. The molecule has 1 aromatic rings. The molecule has 0 saturated heterocycles. The van der Waals surface area contributed by atoms with Crippen molar-refractivity contribution in [2.45, 2.75) is 0 Å². The van der Waals surface area contributed by atoms with Crippen LogP contribution in [0.25, 0.3) is 0 Å². The van der Waals surface area contributed by atoms with Crippen molar-refractivity contribution >= 4 is 0 Å². The first kappa shape index (κ1) is 30.9. The second kappa shape index (κ2) is 16.4. The molecular formula is C5H4O7. The molecule has 0 saturated carbocycles. The van der Waals surface area contributed by atoms with Crippen LogP contribution in [0.15, 0.2) is 33.7 Å². The summed E-state index contributed by atoms with van der Waals surface area (Å²) in [5, 5.41) is 0. The molecule has 0 unspecified atom stereocenters. The molecule has 1 aromatic heterocycles. The van der Waals surface area contributed by atoms with E-state index in [2.05, 4.69) is 4.42 Å². The molecule has 0 fully saturated rings. The molecule has 0 atom stereocenters. The van der Waals surface area contributed by atoms with Crippen LogP contribution >= 0.6 is 0 Å². The van der Waals surface area contributed by atoms with Gasteiger partial charge in [-0.15, -0.1) is 0 Å². The Kier molecular flexibility index (Phi) is 42.2. The third kappa shape index (κ3) is 11.5. The number of hydrogen-bond donors (Lipinski definition) is 0. The predicted octanol–water partition coefficient (Wildman–Crippen LogP) is 0.0458. The molecule has 0 aromatic carbocycles. The van der Waals surface area contributed by atoms with Crippen molar-refractivity contribution in [1.29, 1.82) is 0 Å². The molecule has 1 rings (SSSR count). The van der Waals surface area contributed by atoms with E-state index in [0.29, 0.717) is 0 Å². The number of rotatable bonds is 0. The van der Waals surface area contributed by atoms with Gasteiger partial charge < -0.3 is 4.42 Å². The maximum absolute atomic E-state index is 10.1. The highest BCUT2D eigenvalue weighted by molar-refractivity contribution is 4.85. The van der Waals surface area contributed by atoms with E-state index in [4.69, 9.17) is 0 Å². The van der Waals surface area contributed by atoms with Gasteiger partial charge in [-0.2, -0.15) is 0 Å². The van der Waals surface area contributed by atoms with Crippen LogP contribution in [0.5, 0.6) is 0 Å². The molecule has 7 heteroatoms. The average molecular weight is 176 g/mol. The van der Waals surface area contributed by atoms with Gasteiger partial charge in [-0.1, -0.05) is 6.07 Å². The Hall–Kier alpha value is -1.25. The van der Waals surface area contributed by atoms with Gasteiger partial charge >= 0.3 is 5.63 Å². The van der Waals surface area contributed by atoms with E-state index >= 15 is 0 Å². The van der Waals surface area contributed by atoms with E-state index in [0.717, 1.165) is 0 Å². The maximum Gasteiger partial charge on any atom is 0.335 e. The molecule has 0 aliphatic heterocycles. The van der Waals surface area contributed by atoms with E-state index in [-0.39, 0.29) is 33.0 Å². The van der Waals surface area contributed by atoms with Crippen LogP contribution in [-0.4, -0.2) is 0 Å². The Morgan fingerprint density at radius 2 is 1.42 bits per heavy atom. The van der Waals surface area contributed by atoms with Gasteiger partial charge in [0, 0.05) is 33.4 Å². The van der Waals surface area contributed by atoms with Crippen molar-refractivity contribution in [2.24, 2.45) is 0 Å². The first-order chi connectivity index (χ1) is 3.39. The van der Waals surface area contributed by atoms with Crippen LogP contribution in [0.1, 0.15) is 0 Å². The quantitative estimate of drug-likeness (QED) is 0.543. The first-order valence-electron chi connectivity index (χ1n) is 1.93. The Bertz CT molecular complexity index is 177. The lowest BCUT2D eigenvalue weighted by Gasteiger charge is -1.72. The van der Waals surface area contributed by atoms with Crippen LogP contribution in [0.4, 0.5) is 0 Å². The number of hydrogen-bond acceptors (Lipinski definition) is 2. The summed E-state index contributed by atoms with van der Waals surface area (Å²) in [7, 11) is 0. The maximum atomic E-state index is 10.1. The van der Waals surface area contributed by atoms with Crippen molar-refractivity contribution in [3.8, 4) is 0 Å². The van der Waals surface area contributed by atoms with Crippen molar-refractivity contribution in [3.63, 3.8) is 0 Å². The van der Waals surface area contributed by atoms with Crippen molar-refractivity contribution in [3.05, 3.63) is 34.9 Å². The lowest BCUT2D eigenvalue weighted by Crippen LogP contribution is -1.90. The van der Waals surface area contributed by atoms with Crippen LogP contribution in [0, 0.1) is 0 Å². The van der Waals surface area contributed by atoms with Crippen molar-refractivity contribution in [1.82, 2.24) is 0 Å². The fourth-order valence-corrected chi connectivity index (χ4v) is 0.325. The van der Waals surface area contributed by atoms with Gasteiger partial charge in [0.1, 0.15) is 0 Å². The Labute approximate surface area is 67.8 Å². The molecule has 7 nitrogen and oxygen atoms in total. The first-order valence-corrected chi connectivity index (χ1v) is 1.93. The molecular weight excluding hydrogens is 172 g/mol. The van der Waals surface area contributed by atoms with Crippen LogP contribution in [0.2, 0.25) is 0 Å². The zero-order valence-electron chi connectivity index (χ0n) is 5.67. The van der Waals surface area contributed by atoms with Gasteiger partial charge in [0.25, 0.3) is 0 Å². The Morgan fingerprint density at radius 3 is 1.58 bits per heavy atom. The Morgan fingerprint density at radius 1 is 0.917 bits per heavy atom. The SMILES string of the molecule is O=c1cccco1.[O].[O].[O].[O].[O]. The Balaban J connectivity index is -0.0000000327. The fraction of sp³-hybridized carbons (Fsp3) is 0. The minimum atomic E-state index is -0.303. The largest absolute Gasteiger partial charge is 0.431 e. The summed E-state index contributed by atoms with van der Waals surface area (Å²) in [4.78, 5) is 10.1. The average Bonchev–Trinajstić information content (AvgIpc) is 1.69. The summed E-state index contributed by atoms with van der Waals surface area (Å²) in [5.41, 5.74) is -0.303. The second-order valence-corrected chi connectivity index (χ2v) is 1.12. The summed E-state index contributed by atoms with van der Waals surface area (Å²) in [6.07, 6.45) is 1.35. The molecule has 0 aliphatic carbocycles. The van der Waals surface area contributed by atoms with Gasteiger partial charge in [-0.3, -0.25) is 0 Å². The van der Waals surface area contributed by atoms with Gasteiger partial charge in [0.2, 0.25) is 0 Å². The van der Waals surface area contributed by atoms with E-state index < -0.39 is 0 Å². The minimum Gasteiger partial charge on any atom is -0.431 e. The zero-order chi connectivity index (χ0) is 5.11. The molecule has 66 valence electrons. The molecule has 0 bridgehead atoms. The van der Waals surface area contributed by atoms with E-state index in [1.54, 1.807) is 12.1 Å². The fourth-order valence-electron chi connectivity index (χ4n) is 0.325. The standard InChI is InChI=1S/C5H4O2.5O/c6-5-3-1-2-4-7-5;;;;;/h1-4H;;;;;. The molecule has 10 radical (unpaired) electrons.